The van der Waals surface area contributed by atoms with Crippen molar-refractivity contribution < 1.29 is 4.79 Å². The van der Waals surface area contributed by atoms with E-state index in [1.807, 2.05) is 6.08 Å². The molecule has 4 rings (SSSR count). The molecule has 158 valence electrons. The van der Waals surface area contributed by atoms with Crippen molar-refractivity contribution in [3.8, 4) is 11.1 Å². The maximum atomic E-state index is 11.7. The molecular formula is C24H30N4OS. The largest absolute Gasteiger partial charge is 0.369 e. The Bertz CT molecular complexity index is 886. The molecule has 2 aliphatic rings. The van der Waals surface area contributed by atoms with Gasteiger partial charge in [-0.2, -0.15) is 0 Å². The quantitative estimate of drug-likeness (QED) is 0.747. The van der Waals surface area contributed by atoms with Gasteiger partial charge >= 0.3 is 0 Å². The number of hydrogen-bond acceptors (Lipinski definition) is 5. The van der Waals surface area contributed by atoms with Crippen LogP contribution in [-0.4, -0.2) is 68.5 Å². The van der Waals surface area contributed by atoms with Crippen molar-refractivity contribution in [1.29, 1.82) is 0 Å². The van der Waals surface area contributed by atoms with Gasteiger partial charge in [-0.25, -0.2) is 4.31 Å². The summed E-state index contributed by atoms with van der Waals surface area (Å²) in [6.07, 6.45) is 2.83. The minimum Gasteiger partial charge on any atom is -0.369 e. The molecular weight excluding hydrogens is 392 g/mol. The third-order valence-corrected chi connectivity index (χ3v) is 6.92. The van der Waals surface area contributed by atoms with Crippen molar-refractivity contribution in [3.05, 3.63) is 60.2 Å². The number of carbonyl (C=O) groups is 1. The Morgan fingerprint density at radius 2 is 1.53 bits per heavy atom. The SMILES string of the molecule is CNC(=O)C1=CCN(Sc2ccc(-c3ccc(N4CCN(C)CC4)cc3)cc2)CC1. The summed E-state index contributed by atoms with van der Waals surface area (Å²) in [5, 5.41) is 2.71. The van der Waals surface area contributed by atoms with Gasteiger partial charge in [0.1, 0.15) is 0 Å². The molecule has 30 heavy (non-hydrogen) atoms. The van der Waals surface area contributed by atoms with Crippen LogP contribution in [0, 0.1) is 0 Å². The molecule has 0 aliphatic carbocycles. The Labute approximate surface area is 183 Å². The second-order valence-corrected chi connectivity index (χ2v) is 9.07. The summed E-state index contributed by atoms with van der Waals surface area (Å²) in [5.41, 5.74) is 4.70. The van der Waals surface area contributed by atoms with Gasteiger partial charge in [0.2, 0.25) is 5.91 Å². The summed E-state index contributed by atoms with van der Waals surface area (Å²) in [5.74, 6) is 0.0441. The second-order valence-electron chi connectivity index (χ2n) is 7.90. The Morgan fingerprint density at radius 3 is 2.10 bits per heavy atom. The fourth-order valence-electron chi connectivity index (χ4n) is 3.89. The lowest BCUT2D eigenvalue weighted by Crippen LogP contribution is -2.44. The highest BCUT2D eigenvalue weighted by atomic mass is 32.2. The Kier molecular flexibility index (Phi) is 6.77. The number of piperazine rings is 1. The van der Waals surface area contributed by atoms with Gasteiger partial charge in [-0.15, -0.1) is 0 Å². The molecule has 6 heteroatoms. The predicted octanol–water partition coefficient (Wildman–Crippen LogP) is 3.49. The second kappa shape index (κ2) is 9.69. The number of benzene rings is 2. The zero-order chi connectivity index (χ0) is 20.9. The average molecular weight is 423 g/mol. The van der Waals surface area contributed by atoms with E-state index < -0.39 is 0 Å². The highest BCUT2D eigenvalue weighted by molar-refractivity contribution is 7.97. The minimum atomic E-state index is 0.0441. The lowest BCUT2D eigenvalue weighted by molar-refractivity contribution is -0.117. The first-order valence-electron chi connectivity index (χ1n) is 10.6. The Hall–Kier alpha value is -2.28. The van der Waals surface area contributed by atoms with Crippen LogP contribution in [0.5, 0.6) is 0 Å². The number of nitrogens with one attached hydrogen (secondary N) is 1. The molecule has 1 saturated heterocycles. The molecule has 2 aromatic rings. The van der Waals surface area contributed by atoms with Crippen LogP contribution >= 0.6 is 11.9 Å². The van der Waals surface area contributed by atoms with E-state index in [9.17, 15) is 4.79 Å². The van der Waals surface area contributed by atoms with Crippen LogP contribution in [0.2, 0.25) is 0 Å². The van der Waals surface area contributed by atoms with Crippen LogP contribution in [0.15, 0.2) is 65.1 Å². The van der Waals surface area contributed by atoms with Crippen molar-refractivity contribution >= 4 is 23.5 Å². The lowest BCUT2D eigenvalue weighted by atomic mass is 10.1. The molecule has 2 aliphatic heterocycles. The van der Waals surface area contributed by atoms with Gasteiger partial charge in [0.15, 0.2) is 0 Å². The number of rotatable bonds is 5. The van der Waals surface area contributed by atoms with Crippen LogP contribution in [0.3, 0.4) is 0 Å². The lowest BCUT2D eigenvalue weighted by Gasteiger charge is -2.34. The average Bonchev–Trinajstić information content (AvgIpc) is 2.80. The van der Waals surface area contributed by atoms with E-state index in [2.05, 4.69) is 75.0 Å². The Balaban J connectivity index is 1.35. The number of anilines is 1. The maximum absolute atomic E-state index is 11.7. The highest BCUT2D eigenvalue weighted by Gasteiger charge is 2.17. The molecule has 0 bridgehead atoms. The maximum Gasteiger partial charge on any atom is 0.246 e. The predicted molar refractivity (Wildman–Crippen MR) is 126 cm³/mol. The molecule has 1 fully saturated rings. The van der Waals surface area contributed by atoms with Gasteiger partial charge < -0.3 is 15.1 Å². The molecule has 2 heterocycles. The number of likely N-dealkylation sites (N-methyl/N-ethyl adjacent to an activating group) is 2. The smallest absolute Gasteiger partial charge is 0.246 e. The van der Waals surface area contributed by atoms with E-state index in [0.717, 1.165) is 51.3 Å². The van der Waals surface area contributed by atoms with E-state index in [4.69, 9.17) is 0 Å². The van der Waals surface area contributed by atoms with E-state index in [1.54, 1.807) is 19.0 Å². The van der Waals surface area contributed by atoms with Gasteiger partial charge in [0.25, 0.3) is 0 Å². The summed E-state index contributed by atoms with van der Waals surface area (Å²) >= 11 is 1.76. The summed E-state index contributed by atoms with van der Waals surface area (Å²) < 4.78 is 2.30. The summed E-state index contributed by atoms with van der Waals surface area (Å²) in [7, 11) is 3.87. The molecule has 0 radical (unpaired) electrons. The zero-order valence-corrected chi connectivity index (χ0v) is 18.6. The van der Waals surface area contributed by atoms with E-state index in [-0.39, 0.29) is 5.91 Å². The van der Waals surface area contributed by atoms with Gasteiger partial charge in [-0.1, -0.05) is 30.3 Å². The van der Waals surface area contributed by atoms with E-state index in [0.29, 0.717) is 0 Å². The van der Waals surface area contributed by atoms with Gasteiger partial charge in [-0.05, 0) is 60.8 Å². The molecule has 5 nitrogen and oxygen atoms in total. The third-order valence-electron chi connectivity index (χ3n) is 5.85. The van der Waals surface area contributed by atoms with Gasteiger partial charge in [-0.3, -0.25) is 4.79 Å². The van der Waals surface area contributed by atoms with Crippen LogP contribution in [-0.2, 0) is 4.79 Å². The summed E-state index contributed by atoms with van der Waals surface area (Å²) in [6.45, 7) is 6.13. The number of nitrogens with zero attached hydrogens (tertiary/aromatic N) is 3. The first-order valence-corrected chi connectivity index (χ1v) is 11.4. The van der Waals surface area contributed by atoms with E-state index >= 15 is 0 Å². The normalized spacial score (nSPS) is 18.2. The van der Waals surface area contributed by atoms with Crippen LogP contribution in [0.25, 0.3) is 11.1 Å². The first-order chi connectivity index (χ1) is 14.6. The van der Waals surface area contributed by atoms with Gasteiger partial charge in [0, 0.05) is 62.5 Å². The zero-order valence-electron chi connectivity index (χ0n) is 17.8. The van der Waals surface area contributed by atoms with Crippen molar-refractivity contribution in [3.63, 3.8) is 0 Å². The molecule has 2 aromatic carbocycles. The molecule has 0 aromatic heterocycles. The topological polar surface area (TPSA) is 38.8 Å². The van der Waals surface area contributed by atoms with E-state index in [1.165, 1.54) is 21.7 Å². The van der Waals surface area contributed by atoms with Crippen molar-refractivity contribution in [2.75, 3.05) is 58.3 Å². The first kappa shape index (κ1) is 21.0. The number of carbonyl (C=O) groups excluding carboxylic acids is 1. The standard InChI is InChI=1S/C24H30N4OS/c1-25-24(29)21-11-13-28(14-12-21)30-23-9-5-20(6-10-23)19-3-7-22(8-4-19)27-17-15-26(2)16-18-27/h3-11H,12-18H2,1-2H3,(H,25,29). The molecule has 0 unspecified atom stereocenters. The third kappa shape index (κ3) is 5.06. The molecule has 1 N–H and O–H groups in total. The molecule has 1 amide bonds. The monoisotopic (exact) mass is 422 g/mol. The highest BCUT2D eigenvalue weighted by Crippen LogP contribution is 2.29. The number of amides is 1. The molecule has 0 atom stereocenters. The fraction of sp³-hybridized carbons (Fsp3) is 0.375. The fourth-order valence-corrected chi connectivity index (χ4v) is 4.77. The molecule has 0 spiro atoms. The van der Waals surface area contributed by atoms with Crippen molar-refractivity contribution in [2.45, 2.75) is 11.3 Å². The number of hydrogen-bond donors (Lipinski definition) is 1. The van der Waals surface area contributed by atoms with Crippen LogP contribution in [0.1, 0.15) is 6.42 Å². The van der Waals surface area contributed by atoms with Crippen molar-refractivity contribution in [2.24, 2.45) is 0 Å². The van der Waals surface area contributed by atoms with Crippen LogP contribution in [0.4, 0.5) is 5.69 Å². The molecule has 0 saturated carbocycles. The summed E-state index contributed by atoms with van der Waals surface area (Å²) in [4.78, 5) is 17.8. The van der Waals surface area contributed by atoms with Crippen molar-refractivity contribution in [1.82, 2.24) is 14.5 Å². The Morgan fingerprint density at radius 1 is 0.900 bits per heavy atom. The summed E-state index contributed by atoms with van der Waals surface area (Å²) in [6, 6.07) is 17.7. The van der Waals surface area contributed by atoms with Gasteiger partial charge in [0.05, 0.1) is 0 Å². The minimum absolute atomic E-state index is 0.0441. The van der Waals surface area contributed by atoms with Crippen LogP contribution < -0.4 is 10.2 Å².